The van der Waals surface area contributed by atoms with Crippen LogP contribution in [0, 0.1) is 0 Å². The summed E-state index contributed by atoms with van der Waals surface area (Å²) in [4.78, 5) is 0. The summed E-state index contributed by atoms with van der Waals surface area (Å²) in [6.07, 6.45) is 10.3. The number of nitrogens with one attached hydrogen (secondary N) is 1. The van der Waals surface area contributed by atoms with Crippen LogP contribution in [-0.2, 0) is 0 Å². The largest absolute Gasteiger partial charge is 0.360 e. The summed E-state index contributed by atoms with van der Waals surface area (Å²) in [5.41, 5.74) is 0.930. The highest BCUT2D eigenvalue weighted by Gasteiger charge is 1.92. The van der Waals surface area contributed by atoms with Gasteiger partial charge in [0.05, 0.1) is 10.7 Å². The molecule has 1 N–H and O–H groups in total. The van der Waals surface area contributed by atoms with E-state index in [1.165, 1.54) is 6.42 Å². The van der Waals surface area contributed by atoms with Crippen molar-refractivity contribution >= 4 is 17.3 Å². The van der Waals surface area contributed by atoms with Gasteiger partial charge in [0.15, 0.2) is 0 Å². The third-order valence-corrected chi connectivity index (χ3v) is 2.24. The van der Waals surface area contributed by atoms with Crippen molar-refractivity contribution in [3.05, 3.63) is 53.7 Å². The van der Waals surface area contributed by atoms with Crippen molar-refractivity contribution < 1.29 is 0 Å². The second kappa shape index (κ2) is 7.13. The van der Waals surface area contributed by atoms with E-state index in [4.69, 9.17) is 11.6 Å². The number of hydrogen-bond donors (Lipinski definition) is 1. The van der Waals surface area contributed by atoms with E-state index in [0.717, 1.165) is 17.1 Å². The molecule has 15 heavy (non-hydrogen) atoms. The number of rotatable bonds is 5. The van der Waals surface area contributed by atoms with Crippen molar-refractivity contribution in [2.75, 3.05) is 5.32 Å². The molecule has 0 atom stereocenters. The Bertz CT molecular complexity index is 342. The van der Waals surface area contributed by atoms with Gasteiger partial charge in [-0.15, -0.1) is 0 Å². The summed E-state index contributed by atoms with van der Waals surface area (Å²) < 4.78 is 0. The lowest BCUT2D eigenvalue weighted by molar-refractivity contribution is 0.959. The summed E-state index contributed by atoms with van der Waals surface area (Å²) in [6.45, 7) is 2.16. The van der Waals surface area contributed by atoms with E-state index >= 15 is 0 Å². The van der Waals surface area contributed by atoms with Gasteiger partial charge in [-0.05, 0) is 24.6 Å². The Morgan fingerprint density at radius 2 is 2.07 bits per heavy atom. The van der Waals surface area contributed by atoms with Crippen LogP contribution in [0.3, 0.4) is 0 Å². The smallest absolute Gasteiger partial charge is 0.0640 e. The number of benzene rings is 1. The molecule has 1 aromatic rings. The maximum Gasteiger partial charge on any atom is 0.0640 e. The van der Waals surface area contributed by atoms with Gasteiger partial charge in [0, 0.05) is 6.20 Å². The normalized spacial score (nSPS) is 11.3. The fourth-order valence-electron chi connectivity index (χ4n) is 1.11. The van der Waals surface area contributed by atoms with Crippen LogP contribution in [0.4, 0.5) is 5.69 Å². The zero-order chi connectivity index (χ0) is 10.9. The summed E-state index contributed by atoms with van der Waals surface area (Å²) in [5, 5.41) is 3.86. The summed E-state index contributed by atoms with van der Waals surface area (Å²) in [6, 6.07) is 7.68. The van der Waals surface area contributed by atoms with Gasteiger partial charge in [-0.25, -0.2) is 0 Å². The van der Waals surface area contributed by atoms with E-state index in [1.807, 2.05) is 42.6 Å². The molecule has 2 heteroatoms. The Hall–Kier alpha value is -1.21. The highest BCUT2D eigenvalue weighted by molar-refractivity contribution is 6.33. The molecule has 0 fully saturated rings. The van der Waals surface area contributed by atoms with Gasteiger partial charge < -0.3 is 5.32 Å². The Labute approximate surface area is 96.5 Å². The third-order valence-electron chi connectivity index (χ3n) is 1.91. The second-order valence-corrected chi connectivity index (χ2v) is 3.61. The van der Waals surface area contributed by atoms with Gasteiger partial charge in [0.1, 0.15) is 0 Å². The molecule has 0 heterocycles. The molecule has 1 aromatic carbocycles. The lowest BCUT2D eigenvalue weighted by Gasteiger charge is -2.01. The highest BCUT2D eigenvalue weighted by Crippen LogP contribution is 2.19. The molecule has 0 unspecified atom stereocenters. The van der Waals surface area contributed by atoms with Crippen LogP contribution in [0.1, 0.15) is 19.8 Å². The lowest BCUT2D eigenvalue weighted by atomic mass is 10.3. The first-order valence-electron chi connectivity index (χ1n) is 5.17. The quantitative estimate of drug-likeness (QED) is 0.716. The maximum absolute atomic E-state index is 5.97. The average Bonchev–Trinajstić information content (AvgIpc) is 2.25. The van der Waals surface area contributed by atoms with Gasteiger partial charge >= 0.3 is 0 Å². The minimum Gasteiger partial charge on any atom is -0.360 e. The van der Waals surface area contributed by atoms with Gasteiger partial charge in [-0.2, -0.15) is 0 Å². The van der Waals surface area contributed by atoms with Crippen LogP contribution in [0.2, 0.25) is 5.02 Å². The van der Waals surface area contributed by atoms with Crippen LogP contribution in [-0.4, -0.2) is 0 Å². The molecular weight excluding hydrogens is 206 g/mol. The van der Waals surface area contributed by atoms with Gasteiger partial charge in [0.2, 0.25) is 0 Å². The van der Waals surface area contributed by atoms with Crippen LogP contribution >= 0.6 is 11.6 Å². The van der Waals surface area contributed by atoms with E-state index in [0.29, 0.717) is 0 Å². The molecule has 80 valence electrons. The SMILES string of the molecule is CCC/C=C/C=C\Nc1ccccc1Cl. The second-order valence-electron chi connectivity index (χ2n) is 3.20. The molecular formula is C13H16ClN. The Morgan fingerprint density at radius 1 is 1.27 bits per heavy atom. The molecule has 0 aromatic heterocycles. The van der Waals surface area contributed by atoms with Gasteiger partial charge in [0.25, 0.3) is 0 Å². The van der Waals surface area contributed by atoms with E-state index in [-0.39, 0.29) is 0 Å². The molecule has 0 aliphatic heterocycles. The molecule has 0 spiro atoms. The standard InChI is InChI=1S/C13H16ClN/c1-2-3-4-5-8-11-15-13-10-7-6-9-12(13)14/h4-11,15H,2-3H2,1H3/b5-4+,11-8-. The first kappa shape index (κ1) is 11.9. The van der Waals surface area contributed by atoms with Crippen molar-refractivity contribution in [2.45, 2.75) is 19.8 Å². The zero-order valence-electron chi connectivity index (χ0n) is 8.91. The minimum absolute atomic E-state index is 0.736. The van der Waals surface area contributed by atoms with Crippen molar-refractivity contribution in [1.29, 1.82) is 0 Å². The first-order chi connectivity index (χ1) is 7.34. The molecule has 0 saturated heterocycles. The monoisotopic (exact) mass is 221 g/mol. The maximum atomic E-state index is 5.97. The molecule has 1 nitrogen and oxygen atoms in total. The highest BCUT2D eigenvalue weighted by atomic mass is 35.5. The Balaban J connectivity index is 2.40. The Morgan fingerprint density at radius 3 is 2.80 bits per heavy atom. The molecule has 0 saturated carbocycles. The molecule has 1 rings (SSSR count). The number of hydrogen-bond acceptors (Lipinski definition) is 1. The fourth-order valence-corrected chi connectivity index (χ4v) is 1.30. The predicted octanol–water partition coefficient (Wildman–Crippen LogP) is 4.62. The van der Waals surface area contributed by atoms with E-state index in [1.54, 1.807) is 0 Å². The number of halogens is 1. The zero-order valence-corrected chi connectivity index (χ0v) is 9.67. The summed E-state index contributed by atoms with van der Waals surface area (Å²) in [5.74, 6) is 0. The van der Waals surface area contributed by atoms with Crippen LogP contribution < -0.4 is 5.32 Å². The van der Waals surface area contributed by atoms with E-state index < -0.39 is 0 Å². The van der Waals surface area contributed by atoms with Crippen LogP contribution in [0.5, 0.6) is 0 Å². The summed E-state index contributed by atoms with van der Waals surface area (Å²) in [7, 11) is 0. The summed E-state index contributed by atoms with van der Waals surface area (Å²) >= 11 is 5.97. The fraction of sp³-hybridized carbons (Fsp3) is 0.231. The molecule has 0 radical (unpaired) electrons. The third kappa shape index (κ3) is 4.71. The van der Waals surface area contributed by atoms with Crippen molar-refractivity contribution in [2.24, 2.45) is 0 Å². The first-order valence-corrected chi connectivity index (χ1v) is 5.55. The number of unbranched alkanes of at least 4 members (excludes halogenated alkanes) is 1. The minimum atomic E-state index is 0.736. The molecule has 0 bridgehead atoms. The van der Waals surface area contributed by atoms with E-state index in [2.05, 4.69) is 18.3 Å². The molecule has 0 aliphatic rings. The van der Waals surface area contributed by atoms with E-state index in [9.17, 15) is 0 Å². The Kier molecular flexibility index (Phi) is 5.64. The van der Waals surface area contributed by atoms with Gasteiger partial charge in [-0.1, -0.05) is 49.2 Å². The van der Waals surface area contributed by atoms with Crippen LogP contribution in [0.25, 0.3) is 0 Å². The van der Waals surface area contributed by atoms with Crippen molar-refractivity contribution in [3.8, 4) is 0 Å². The predicted molar refractivity (Wildman–Crippen MR) is 68.3 cm³/mol. The molecule has 0 aliphatic carbocycles. The van der Waals surface area contributed by atoms with Gasteiger partial charge in [-0.3, -0.25) is 0 Å². The average molecular weight is 222 g/mol. The number of anilines is 1. The lowest BCUT2D eigenvalue weighted by Crippen LogP contribution is -1.86. The number of para-hydroxylation sites is 1. The van der Waals surface area contributed by atoms with Crippen molar-refractivity contribution in [1.82, 2.24) is 0 Å². The number of allylic oxidation sites excluding steroid dienone is 3. The topological polar surface area (TPSA) is 12.0 Å². The molecule has 0 amide bonds. The van der Waals surface area contributed by atoms with Crippen LogP contribution in [0.15, 0.2) is 48.7 Å². The van der Waals surface area contributed by atoms with Crippen molar-refractivity contribution in [3.63, 3.8) is 0 Å².